The second-order valence-electron chi connectivity index (χ2n) is 8.60. The Kier molecular flexibility index (Phi) is 6.71. The van der Waals surface area contributed by atoms with Gasteiger partial charge in [-0.2, -0.15) is 0 Å². The van der Waals surface area contributed by atoms with Crippen LogP contribution in [0.5, 0.6) is 5.75 Å². The first-order valence-corrected chi connectivity index (χ1v) is 10.6. The number of rotatable bonds is 6. The Balaban J connectivity index is 2.57. The minimum absolute atomic E-state index is 0.129. The minimum Gasteiger partial charge on any atom is -0.507 e. The van der Waals surface area contributed by atoms with Gasteiger partial charge in [-0.3, -0.25) is 0 Å². The maximum Gasteiger partial charge on any atom is 0.123 e. The van der Waals surface area contributed by atoms with Crippen molar-refractivity contribution in [2.75, 3.05) is 7.05 Å². The summed E-state index contributed by atoms with van der Waals surface area (Å²) in [6.07, 6.45) is 0.891. The van der Waals surface area contributed by atoms with Crippen molar-refractivity contribution < 1.29 is 9.50 Å². The number of hydrogen-bond donors (Lipinski definition) is 2. The van der Waals surface area contributed by atoms with Crippen molar-refractivity contribution in [3.05, 3.63) is 58.4 Å². The summed E-state index contributed by atoms with van der Waals surface area (Å²) < 4.78 is 13.7. The van der Waals surface area contributed by atoms with E-state index in [4.69, 9.17) is 0 Å². The van der Waals surface area contributed by atoms with Crippen LogP contribution in [-0.4, -0.2) is 12.2 Å². The first kappa shape index (κ1) is 21.9. The lowest BCUT2D eigenvalue weighted by atomic mass is 9.82. The predicted octanol–water partition coefficient (Wildman–Crippen LogP) is 5.49. The number of benzene rings is 2. The third-order valence-corrected chi connectivity index (χ3v) is 7.14. The lowest BCUT2D eigenvalue weighted by molar-refractivity contribution is 0.430. The molecule has 0 saturated heterocycles. The lowest BCUT2D eigenvalue weighted by Crippen LogP contribution is -2.23. The molecule has 0 aromatic heterocycles. The van der Waals surface area contributed by atoms with Gasteiger partial charge in [-0.25, -0.2) is 4.39 Å². The predicted molar refractivity (Wildman–Crippen MR) is 116 cm³/mol. The summed E-state index contributed by atoms with van der Waals surface area (Å²) in [5, 5.41) is 15.2. The van der Waals surface area contributed by atoms with Gasteiger partial charge in [-0.1, -0.05) is 67.0 Å². The van der Waals surface area contributed by atoms with Gasteiger partial charge in [0, 0.05) is 17.3 Å². The zero-order valence-electron chi connectivity index (χ0n) is 17.6. The molecule has 2 N–H and O–H groups in total. The topological polar surface area (TPSA) is 32.3 Å². The molecule has 27 heavy (non-hydrogen) atoms. The van der Waals surface area contributed by atoms with Crippen LogP contribution in [0.25, 0.3) is 0 Å². The number of nitrogens with one attached hydrogen (secondary N) is 1. The molecule has 2 unspecified atom stereocenters. The van der Waals surface area contributed by atoms with Gasteiger partial charge in [0.1, 0.15) is 11.6 Å². The maximum atomic E-state index is 13.7. The molecular formula is C23H33FNOP. The van der Waals surface area contributed by atoms with Crippen molar-refractivity contribution in [2.24, 2.45) is 0 Å². The Morgan fingerprint density at radius 3 is 2.26 bits per heavy atom. The van der Waals surface area contributed by atoms with Crippen molar-refractivity contribution in [2.45, 2.75) is 65.1 Å². The zero-order chi connectivity index (χ0) is 20.4. The first-order valence-electron chi connectivity index (χ1n) is 9.57. The highest BCUT2D eigenvalue weighted by atomic mass is 31.1. The molecular weight excluding hydrogens is 356 g/mol. The summed E-state index contributed by atoms with van der Waals surface area (Å²) in [6.45, 7) is 13.5. The minimum atomic E-state index is -0.212. The quantitative estimate of drug-likeness (QED) is 0.641. The van der Waals surface area contributed by atoms with Crippen molar-refractivity contribution in [1.29, 1.82) is 0 Å². The number of phenols is 1. The number of aryl methyl sites for hydroxylation is 1. The average molecular weight is 389 g/mol. The molecule has 4 heteroatoms. The fourth-order valence-corrected chi connectivity index (χ4v) is 5.02. The van der Waals surface area contributed by atoms with E-state index in [0.29, 0.717) is 20.9 Å². The molecule has 0 radical (unpaired) electrons. The van der Waals surface area contributed by atoms with Crippen LogP contribution in [0.2, 0.25) is 0 Å². The zero-order valence-corrected chi connectivity index (χ0v) is 18.6. The van der Waals surface area contributed by atoms with Crippen LogP contribution in [0.15, 0.2) is 30.3 Å². The molecule has 148 valence electrons. The Morgan fingerprint density at radius 2 is 1.70 bits per heavy atom. The van der Waals surface area contributed by atoms with E-state index >= 15 is 0 Å². The summed E-state index contributed by atoms with van der Waals surface area (Å²) in [4.78, 5) is 0. The van der Waals surface area contributed by atoms with E-state index in [-0.39, 0.29) is 16.4 Å². The summed E-state index contributed by atoms with van der Waals surface area (Å²) in [5.41, 5.74) is 3.99. The van der Waals surface area contributed by atoms with E-state index in [1.165, 1.54) is 6.07 Å². The van der Waals surface area contributed by atoms with Crippen LogP contribution in [0.1, 0.15) is 63.3 Å². The SMILES string of the molecule is CCC(C)(Pc1ccc(F)cc1CNC)c1cc(C)cc(C(C)(C)C)c1O. The molecule has 0 bridgehead atoms. The van der Waals surface area contributed by atoms with Crippen molar-refractivity contribution >= 4 is 13.9 Å². The molecule has 0 aliphatic carbocycles. The van der Waals surface area contributed by atoms with Gasteiger partial charge in [-0.05, 0) is 54.4 Å². The second kappa shape index (κ2) is 8.29. The van der Waals surface area contributed by atoms with Crippen LogP contribution in [0.4, 0.5) is 4.39 Å². The second-order valence-corrected chi connectivity index (χ2v) is 10.5. The number of phenolic OH excluding ortho intramolecular Hbond substituents is 1. The molecule has 2 aromatic rings. The summed E-state index contributed by atoms with van der Waals surface area (Å²) >= 11 is 0. The Hall–Kier alpha value is -1.44. The molecule has 0 amide bonds. The monoisotopic (exact) mass is 389 g/mol. The van der Waals surface area contributed by atoms with Crippen molar-refractivity contribution in [3.63, 3.8) is 0 Å². The van der Waals surface area contributed by atoms with E-state index < -0.39 is 0 Å². The summed E-state index contributed by atoms with van der Waals surface area (Å²) in [6, 6.07) is 9.25. The van der Waals surface area contributed by atoms with Gasteiger partial charge in [0.25, 0.3) is 0 Å². The maximum absolute atomic E-state index is 13.7. The highest BCUT2D eigenvalue weighted by Gasteiger charge is 2.32. The van der Waals surface area contributed by atoms with Crippen LogP contribution in [0, 0.1) is 12.7 Å². The van der Waals surface area contributed by atoms with E-state index in [2.05, 4.69) is 59.0 Å². The van der Waals surface area contributed by atoms with Gasteiger partial charge in [-0.15, -0.1) is 0 Å². The molecule has 2 rings (SSSR count). The molecule has 2 nitrogen and oxygen atoms in total. The molecule has 0 fully saturated rings. The first-order chi connectivity index (χ1) is 12.5. The largest absolute Gasteiger partial charge is 0.507 e. The Bertz CT molecular complexity index is 813. The fraction of sp³-hybridized carbons (Fsp3) is 0.478. The fourth-order valence-electron chi connectivity index (χ4n) is 3.44. The van der Waals surface area contributed by atoms with Crippen molar-refractivity contribution in [3.8, 4) is 5.75 Å². The van der Waals surface area contributed by atoms with E-state index in [0.717, 1.165) is 34.0 Å². The van der Waals surface area contributed by atoms with E-state index in [1.54, 1.807) is 6.07 Å². The van der Waals surface area contributed by atoms with Crippen LogP contribution in [-0.2, 0) is 17.1 Å². The number of hydrogen-bond acceptors (Lipinski definition) is 2. The third kappa shape index (κ3) is 4.89. The van der Waals surface area contributed by atoms with Gasteiger partial charge in [0.05, 0.1) is 0 Å². The normalized spacial score (nSPS) is 14.7. The highest BCUT2D eigenvalue weighted by molar-refractivity contribution is 7.48. The van der Waals surface area contributed by atoms with E-state index in [1.807, 2.05) is 13.1 Å². The Labute approximate surface area is 165 Å². The number of halogens is 1. The molecule has 2 atom stereocenters. The van der Waals surface area contributed by atoms with Gasteiger partial charge in [0.2, 0.25) is 0 Å². The Morgan fingerprint density at radius 1 is 1.07 bits per heavy atom. The molecule has 2 aromatic carbocycles. The summed E-state index contributed by atoms with van der Waals surface area (Å²) in [5.74, 6) is 0.197. The average Bonchev–Trinajstić information content (AvgIpc) is 2.58. The smallest absolute Gasteiger partial charge is 0.123 e. The van der Waals surface area contributed by atoms with Crippen LogP contribution >= 0.6 is 8.58 Å². The molecule has 0 spiro atoms. The van der Waals surface area contributed by atoms with Gasteiger partial charge in [0.15, 0.2) is 0 Å². The van der Waals surface area contributed by atoms with Crippen LogP contribution in [0.3, 0.4) is 0 Å². The van der Waals surface area contributed by atoms with Crippen LogP contribution < -0.4 is 10.6 Å². The van der Waals surface area contributed by atoms with E-state index in [9.17, 15) is 9.50 Å². The van der Waals surface area contributed by atoms with Gasteiger partial charge < -0.3 is 10.4 Å². The standard InChI is InChI=1S/C23H33FNOP/c1-8-23(6,27-20-10-9-17(24)13-16(20)14-25-7)19-12-15(2)11-18(21(19)26)22(3,4)5/h9-13,25-27H,8,14H2,1-7H3. The molecule has 0 heterocycles. The van der Waals surface area contributed by atoms with Crippen molar-refractivity contribution in [1.82, 2.24) is 5.32 Å². The summed E-state index contributed by atoms with van der Waals surface area (Å²) in [7, 11) is 2.31. The molecule has 0 aliphatic rings. The third-order valence-electron chi connectivity index (χ3n) is 5.21. The lowest BCUT2D eigenvalue weighted by Gasteiger charge is -2.33. The number of aromatic hydroxyl groups is 1. The van der Waals surface area contributed by atoms with Gasteiger partial charge >= 0.3 is 0 Å². The highest BCUT2D eigenvalue weighted by Crippen LogP contribution is 2.50. The molecule has 0 saturated carbocycles. The molecule has 0 aliphatic heterocycles.